The van der Waals surface area contributed by atoms with Crippen molar-refractivity contribution >= 4 is 46.6 Å². The Bertz CT molecular complexity index is 1260. The Morgan fingerprint density at radius 2 is 1.55 bits per heavy atom. The Morgan fingerprint density at radius 1 is 0.830 bits per heavy atom. The van der Waals surface area contributed by atoms with Crippen molar-refractivity contribution in [2.24, 2.45) is 0 Å². The largest absolute Gasteiger partial charge is 0.494 e. The molecule has 0 unspecified atom stereocenters. The zero-order chi connectivity index (χ0) is 33.4. The number of carbonyl (C=O) groups is 2. The van der Waals surface area contributed by atoms with Crippen LogP contribution < -0.4 is 14.5 Å². The van der Waals surface area contributed by atoms with E-state index < -0.39 is 0 Å². The number of unbranched alkanes of at least 4 members (excludes halogenated alkanes) is 7. The first-order valence-electron chi connectivity index (χ1n) is 17.8. The lowest BCUT2D eigenvalue weighted by Crippen LogP contribution is -2.46. The van der Waals surface area contributed by atoms with Gasteiger partial charge < -0.3 is 19.3 Å². The molecule has 260 valence electrons. The Kier molecular flexibility index (Phi) is 15.8. The van der Waals surface area contributed by atoms with Crippen LogP contribution in [0.2, 0.25) is 10.0 Å². The summed E-state index contributed by atoms with van der Waals surface area (Å²) in [4.78, 5) is 34.3. The lowest BCUT2D eigenvalue weighted by Gasteiger charge is -2.36. The third-order valence-corrected chi connectivity index (χ3v) is 9.99. The number of hydrogen-bond acceptors (Lipinski definition) is 6. The van der Waals surface area contributed by atoms with Crippen LogP contribution in [0.1, 0.15) is 90.0 Å². The molecular weight excluding hydrogens is 635 g/mol. The van der Waals surface area contributed by atoms with Crippen molar-refractivity contribution in [3.63, 3.8) is 0 Å². The van der Waals surface area contributed by atoms with Crippen molar-refractivity contribution in [2.45, 2.75) is 90.9 Å². The van der Waals surface area contributed by atoms with Crippen molar-refractivity contribution in [3.05, 3.63) is 52.0 Å². The highest BCUT2D eigenvalue weighted by Crippen LogP contribution is 2.33. The van der Waals surface area contributed by atoms with Crippen LogP contribution >= 0.6 is 23.2 Å². The Morgan fingerprint density at radius 3 is 2.26 bits per heavy atom. The second-order valence-electron chi connectivity index (χ2n) is 12.7. The molecule has 2 aliphatic heterocycles. The van der Waals surface area contributed by atoms with Gasteiger partial charge in [0.1, 0.15) is 5.75 Å². The van der Waals surface area contributed by atoms with E-state index in [1.807, 2.05) is 41.3 Å². The zero-order valence-corrected chi connectivity index (χ0v) is 30.0. The number of aryl methyl sites for hydroxylation is 1. The van der Waals surface area contributed by atoms with Crippen molar-refractivity contribution in [3.8, 4) is 5.75 Å². The lowest BCUT2D eigenvalue weighted by atomic mass is 10.0. The molecule has 10 heteroatoms. The number of amides is 2. The maximum absolute atomic E-state index is 13.1. The molecule has 0 saturated carbocycles. The predicted octanol–water partition coefficient (Wildman–Crippen LogP) is 8.81. The van der Waals surface area contributed by atoms with Crippen molar-refractivity contribution in [2.75, 3.05) is 69.0 Å². The normalized spacial score (nSPS) is 15.1. The lowest BCUT2D eigenvalue weighted by molar-refractivity contribution is -0.119. The molecule has 2 heterocycles. The van der Waals surface area contributed by atoms with Gasteiger partial charge in [0.25, 0.3) is 0 Å². The van der Waals surface area contributed by atoms with Gasteiger partial charge in [0.05, 0.1) is 28.0 Å². The fourth-order valence-corrected chi connectivity index (χ4v) is 6.70. The molecule has 0 N–H and O–H groups in total. The van der Waals surface area contributed by atoms with Crippen LogP contribution in [-0.2, 0) is 16.0 Å². The van der Waals surface area contributed by atoms with Gasteiger partial charge in [-0.05, 0) is 62.4 Å². The van der Waals surface area contributed by atoms with Crippen LogP contribution in [0.25, 0.3) is 0 Å². The molecule has 2 aromatic carbocycles. The van der Waals surface area contributed by atoms with Gasteiger partial charge in [-0.25, -0.2) is 4.79 Å². The van der Waals surface area contributed by atoms with Crippen LogP contribution in [0.15, 0.2) is 36.4 Å². The first kappa shape index (κ1) is 37.1. The minimum Gasteiger partial charge on any atom is -0.494 e. The quantitative estimate of drug-likeness (QED) is 0.137. The summed E-state index contributed by atoms with van der Waals surface area (Å²) in [5, 5.41) is 1.22. The van der Waals surface area contributed by atoms with E-state index in [1.54, 1.807) is 4.90 Å². The molecule has 1 saturated heterocycles. The van der Waals surface area contributed by atoms with E-state index in [4.69, 9.17) is 32.7 Å². The van der Waals surface area contributed by atoms with Crippen LogP contribution in [0, 0.1) is 0 Å². The minimum atomic E-state index is -0.333. The van der Waals surface area contributed by atoms with Gasteiger partial charge in [-0.15, -0.1) is 0 Å². The minimum absolute atomic E-state index is 0.0300. The maximum Gasteiger partial charge on any atom is 0.411 e. The summed E-state index contributed by atoms with van der Waals surface area (Å²) in [6.45, 7) is 11.1. The molecule has 0 aliphatic carbocycles. The van der Waals surface area contributed by atoms with E-state index in [9.17, 15) is 9.59 Å². The molecule has 8 nitrogen and oxygen atoms in total. The number of ether oxygens (including phenoxy) is 2. The zero-order valence-electron chi connectivity index (χ0n) is 28.5. The van der Waals surface area contributed by atoms with E-state index >= 15 is 0 Å². The molecule has 2 aromatic rings. The smallest absolute Gasteiger partial charge is 0.411 e. The third-order valence-electron chi connectivity index (χ3n) is 9.18. The second kappa shape index (κ2) is 20.0. The molecule has 2 aliphatic rings. The number of hydrogen-bond donors (Lipinski definition) is 0. The molecule has 0 bridgehead atoms. The van der Waals surface area contributed by atoms with Crippen LogP contribution in [0.4, 0.5) is 16.2 Å². The van der Waals surface area contributed by atoms with Crippen LogP contribution in [0.3, 0.4) is 0 Å². The summed E-state index contributed by atoms with van der Waals surface area (Å²) >= 11 is 12.6. The number of benzene rings is 2. The highest BCUT2D eigenvalue weighted by molar-refractivity contribution is 6.43. The number of carbonyl (C=O) groups excluding carboxylic acids is 2. The predicted molar refractivity (Wildman–Crippen MR) is 193 cm³/mol. The fraction of sp³-hybridized carbons (Fsp3) is 0.622. The van der Waals surface area contributed by atoms with E-state index in [1.165, 1.54) is 12.8 Å². The molecule has 0 atom stereocenters. The fourth-order valence-electron chi connectivity index (χ4n) is 6.29. The summed E-state index contributed by atoms with van der Waals surface area (Å²) in [5.41, 5.74) is 2.86. The van der Waals surface area contributed by atoms with Gasteiger partial charge in [-0.1, -0.05) is 87.7 Å². The van der Waals surface area contributed by atoms with E-state index in [2.05, 4.69) is 23.6 Å². The molecule has 0 spiro atoms. The number of piperazine rings is 1. The first-order valence-corrected chi connectivity index (χ1v) is 18.6. The summed E-state index contributed by atoms with van der Waals surface area (Å²) in [5.74, 6) is 0.702. The summed E-state index contributed by atoms with van der Waals surface area (Å²) in [7, 11) is 0. The molecular formula is C37H54Cl2N4O4. The van der Waals surface area contributed by atoms with Gasteiger partial charge in [-0.3, -0.25) is 14.6 Å². The van der Waals surface area contributed by atoms with Gasteiger partial charge in [0.15, 0.2) is 6.73 Å². The van der Waals surface area contributed by atoms with Crippen molar-refractivity contribution in [1.82, 2.24) is 9.80 Å². The number of halogens is 2. The molecule has 0 aromatic heterocycles. The maximum atomic E-state index is 13.1. The second-order valence-corrected chi connectivity index (χ2v) is 13.5. The number of fused-ring (bicyclic) bond motifs is 1. The summed E-state index contributed by atoms with van der Waals surface area (Å²) in [6, 6.07) is 11.7. The first-order chi connectivity index (χ1) is 22.9. The van der Waals surface area contributed by atoms with E-state index in [0.29, 0.717) is 42.6 Å². The molecule has 2 amide bonds. The van der Waals surface area contributed by atoms with E-state index in [0.717, 1.165) is 107 Å². The van der Waals surface area contributed by atoms with Crippen molar-refractivity contribution in [1.29, 1.82) is 0 Å². The Balaban J connectivity index is 1.22. The number of nitrogens with zero attached hydrogens (tertiary/aromatic N) is 4. The van der Waals surface area contributed by atoms with Crippen molar-refractivity contribution < 1.29 is 19.1 Å². The number of rotatable bonds is 19. The molecule has 1 fully saturated rings. The summed E-state index contributed by atoms with van der Waals surface area (Å²) < 4.78 is 11.9. The van der Waals surface area contributed by atoms with Crippen LogP contribution in [-0.4, -0.2) is 81.0 Å². The van der Waals surface area contributed by atoms with Gasteiger partial charge in [0, 0.05) is 51.8 Å². The summed E-state index contributed by atoms with van der Waals surface area (Å²) in [6.07, 6.45) is 11.5. The molecule has 4 rings (SSSR count). The number of anilines is 2. The molecule has 47 heavy (non-hydrogen) atoms. The van der Waals surface area contributed by atoms with E-state index in [-0.39, 0.29) is 18.7 Å². The Hall–Kier alpha value is -2.68. The SMILES string of the molecule is CCCCCCN(CCCCCC)C(=O)OCN1C(=O)CCc2ccc(OCCCCN3CCN(c4cccc(Cl)c4Cl)CC3)cc21. The van der Waals surface area contributed by atoms with Gasteiger partial charge in [-0.2, -0.15) is 0 Å². The van der Waals surface area contributed by atoms with Gasteiger partial charge >= 0.3 is 6.09 Å². The third kappa shape index (κ3) is 11.5. The van der Waals surface area contributed by atoms with Gasteiger partial charge in [0.2, 0.25) is 5.91 Å². The average Bonchev–Trinajstić information content (AvgIpc) is 3.08. The van der Waals surface area contributed by atoms with Crippen LogP contribution in [0.5, 0.6) is 5.75 Å². The average molecular weight is 690 g/mol. The monoisotopic (exact) mass is 688 g/mol. The molecule has 0 radical (unpaired) electrons. The standard InChI is InChI=1S/C37H54Cl2N4O4/c1-3-5-7-9-21-42(22-10-8-6-4-2)37(45)47-29-43-34-28-31(18-16-30(34)17-19-35(43)44)46-27-12-11-20-40-23-25-41(26-24-40)33-15-13-14-32(38)36(33)39/h13-16,18,28H,3-12,17,19-27,29H2,1-2H3. The Labute approximate surface area is 292 Å². The topological polar surface area (TPSA) is 65.6 Å². The highest BCUT2D eigenvalue weighted by atomic mass is 35.5. The highest BCUT2D eigenvalue weighted by Gasteiger charge is 2.27.